The zero-order chi connectivity index (χ0) is 25.4. The molecule has 0 radical (unpaired) electrons. The van der Waals surface area contributed by atoms with Gasteiger partial charge in [0.15, 0.2) is 0 Å². The predicted octanol–water partition coefficient (Wildman–Crippen LogP) is 6.11. The van der Waals surface area contributed by atoms with Gasteiger partial charge in [-0.1, -0.05) is 47.5 Å². The fourth-order valence-electron chi connectivity index (χ4n) is 5.85. The Kier molecular flexibility index (Phi) is 7.08. The highest BCUT2D eigenvalue weighted by Crippen LogP contribution is 2.31. The second kappa shape index (κ2) is 10.6. The van der Waals surface area contributed by atoms with Crippen molar-refractivity contribution in [2.45, 2.75) is 38.4 Å². The van der Waals surface area contributed by atoms with Crippen molar-refractivity contribution in [3.05, 3.63) is 76.4 Å². The van der Waals surface area contributed by atoms with Crippen molar-refractivity contribution in [2.75, 3.05) is 37.6 Å². The topological polar surface area (TPSA) is 51.3 Å². The number of benzene rings is 2. The van der Waals surface area contributed by atoms with Gasteiger partial charge in [-0.15, -0.1) is 0 Å². The van der Waals surface area contributed by atoms with Gasteiger partial charge in [0.25, 0.3) is 0 Å². The second-order valence-corrected chi connectivity index (χ2v) is 11.1. The third kappa shape index (κ3) is 5.34. The lowest BCUT2D eigenvalue weighted by Crippen LogP contribution is -2.57. The number of hydrogen-bond donors (Lipinski definition) is 1. The molecule has 2 aliphatic rings. The van der Waals surface area contributed by atoms with E-state index in [9.17, 15) is 0 Å². The number of nitrogens with zero attached hydrogens (tertiary/aromatic N) is 5. The van der Waals surface area contributed by atoms with Crippen LogP contribution in [-0.4, -0.2) is 69.6 Å². The number of aromatic amines is 1. The minimum Gasteiger partial charge on any atom is -0.353 e. The van der Waals surface area contributed by atoms with E-state index in [1.807, 2.05) is 48.7 Å². The van der Waals surface area contributed by atoms with Gasteiger partial charge in [0.1, 0.15) is 11.6 Å². The normalized spacial score (nSPS) is 20.1. The Hall–Kier alpha value is -2.64. The number of anilines is 1. The van der Waals surface area contributed by atoms with Crippen molar-refractivity contribution in [1.29, 1.82) is 0 Å². The van der Waals surface area contributed by atoms with Crippen molar-refractivity contribution in [3.63, 3.8) is 0 Å². The molecule has 2 fully saturated rings. The second-order valence-electron chi connectivity index (χ2n) is 10.3. The molecular weight excluding hydrogens is 503 g/mol. The summed E-state index contributed by atoms with van der Waals surface area (Å²) in [6, 6.07) is 19.3. The number of fused-ring (bicyclic) bond motifs is 1. The fourth-order valence-corrected chi connectivity index (χ4v) is 6.26. The molecule has 37 heavy (non-hydrogen) atoms. The molecule has 1 atom stereocenters. The number of imidazole rings is 1. The molecule has 4 aromatic rings. The number of nitrogens with one attached hydrogen (secondary N) is 1. The van der Waals surface area contributed by atoms with Crippen molar-refractivity contribution in [3.8, 4) is 11.4 Å². The molecule has 6 rings (SSSR count). The first-order valence-corrected chi connectivity index (χ1v) is 13.9. The van der Waals surface area contributed by atoms with Crippen LogP contribution in [0.4, 0.5) is 5.82 Å². The SMILES string of the molecule is C[C@H]1CN(c2ncc(-c3nc4ccccc4[nH]3)cc2Cl)CCN1C1CCN(Cc2ccc(Cl)cc2)CC1. The Morgan fingerprint density at radius 3 is 2.49 bits per heavy atom. The first-order valence-electron chi connectivity index (χ1n) is 13.1. The lowest BCUT2D eigenvalue weighted by Gasteiger charge is -2.47. The van der Waals surface area contributed by atoms with Gasteiger partial charge in [0.2, 0.25) is 0 Å². The molecule has 0 bridgehead atoms. The number of halogens is 2. The minimum atomic E-state index is 0.453. The average molecular weight is 536 g/mol. The summed E-state index contributed by atoms with van der Waals surface area (Å²) in [4.78, 5) is 20.4. The summed E-state index contributed by atoms with van der Waals surface area (Å²) in [6.45, 7) is 8.51. The fraction of sp³-hybridized carbons (Fsp3) is 0.379. The number of piperazine rings is 1. The summed E-state index contributed by atoms with van der Waals surface area (Å²) >= 11 is 12.8. The van der Waals surface area contributed by atoms with Crippen LogP contribution in [0.1, 0.15) is 25.3 Å². The number of likely N-dealkylation sites (tertiary alicyclic amines) is 1. The van der Waals surface area contributed by atoms with E-state index in [1.54, 1.807) is 0 Å². The van der Waals surface area contributed by atoms with Gasteiger partial charge in [0.05, 0.1) is 16.1 Å². The van der Waals surface area contributed by atoms with Crippen LogP contribution in [0.2, 0.25) is 10.0 Å². The molecule has 6 nitrogen and oxygen atoms in total. The number of rotatable bonds is 5. The summed E-state index contributed by atoms with van der Waals surface area (Å²) in [7, 11) is 0. The van der Waals surface area contributed by atoms with Gasteiger partial charge in [0, 0.05) is 55.0 Å². The number of aromatic nitrogens is 3. The Morgan fingerprint density at radius 1 is 0.973 bits per heavy atom. The van der Waals surface area contributed by atoms with Crippen LogP contribution in [0, 0.1) is 0 Å². The minimum absolute atomic E-state index is 0.453. The molecule has 4 heterocycles. The lowest BCUT2D eigenvalue weighted by molar-refractivity contribution is 0.0690. The van der Waals surface area contributed by atoms with E-state index in [-0.39, 0.29) is 0 Å². The zero-order valence-corrected chi connectivity index (χ0v) is 22.6. The van der Waals surface area contributed by atoms with Crippen LogP contribution >= 0.6 is 23.2 Å². The Balaban J connectivity index is 1.06. The van der Waals surface area contributed by atoms with E-state index < -0.39 is 0 Å². The molecule has 2 aromatic heterocycles. The van der Waals surface area contributed by atoms with Gasteiger partial charge in [-0.2, -0.15) is 0 Å². The monoisotopic (exact) mass is 534 g/mol. The highest BCUT2D eigenvalue weighted by atomic mass is 35.5. The highest BCUT2D eigenvalue weighted by Gasteiger charge is 2.32. The zero-order valence-electron chi connectivity index (χ0n) is 21.1. The van der Waals surface area contributed by atoms with E-state index >= 15 is 0 Å². The maximum Gasteiger partial charge on any atom is 0.147 e. The quantitative estimate of drug-likeness (QED) is 0.335. The molecule has 0 spiro atoms. The highest BCUT2D eigenvalue weighted by molar-refractivity contribution is 6.33. The molecule has 0 amide bonds. The van der Waals surface area contributed by atoms with Crippen LogP contribution in [0.25, 0.3) is 22.4 Å². The molecule has 2 aliphatic heterocycles. The van der Waals surface area contributed by atoms with Crippen LogP contribution < -0.4 is 4.90 Å². The van der Waals surface area contributed by atoms with Crippen molar-refractivity contribution in [2.24, 2.45) is 0 Å². The number of hydrogen-bond acceptors (Lipinski definition) is 5. The van der Waals surface area contributed by atoms with Crippen LogP contribution in [0.5, 0.6) is 0 Å². The predicted molar refractivity (Wildman–Crippen MR) is 152 cm³/mol. The van der Waals surface area contributed by atoms with E-state index in [4.69, 9.17) is 28.2 Å². The number of H-pyrrole nitrogens is 1. The van der Waals surface area contributed by atoms with Crippen molar-refractivity contribution in [1.82, 2.24) is 24.8 Å². The van der Waals surface area contributed by atoms with Gasteiger partial charge in [-0.3, -0.25) is 9.80 Å². The number of piperidine rings is 1. The van der Waals surface area contributed by atoms with Gasteiger partial charge in [-0.05, 0) is 68.8 Å². The summed E-state index contributed by atoms with van der Waals surface area (Å²) in [5.74, 6) is 1.66. The first kappa shape index (κ1) is 24.7. The van der Waals surface area contributed by atoms with Crippen LogP contribution in [-0.2, 0) is 6.54 Å². The molecule has 0 unspecified atom stereocenters. The van der Waals surface area contributed by atoms with Crippen LogP contribution in [0.15, 0.2) is 60.8 Å². The summed E-state index contributed by atoms with van der Waals surface area (Å²) < 4.78 is 0. The molecule has 0 aliphatic carbocycles. The Labute approximate surface area is 228 Å². The molecule has 8 heteroatoms. The lowest BCUT2D eigenvalue weighted by atomic mass is 9.99. The summed E-state index contributed by atoms with van der Waals surface area (Å²) in [6.07, 6.45) is 4.30. The molecule has 192 valence electrons. The standard InChI is InChI=1S/C29H32Cl2N6/c1-20-18-36(29-25(31)16-22(17-32-29)28-33-26-4-2-3-5-27(26)34-28)14-15-37(20)24-10-12-35(13-11-24)19-21-6-8-23(30)9-7-21/h2-9,16-17,20,24H,10-15,18-19H2,1H3,(H,33,34)/t20-/m0/s1. The molecule has 2 saturated heterocycles. The van der Waals surface area contributed by atoms with Gasteiger partial charge in [-0.25, -0.2) is 9.97 Å². The van der Waals surface area contributed by atoms with Crippen LogP contribution in [0.3, 0.4) is 0 Å². The van der Waals surface area contributed by atoms with Crippen molar-refractivity contribution >= 4 is 40.1 Å². The molecule has 2 aromatic carbocycles. The van der Waals surface area contributed by atoms with E-state index in [2.05, 4.69) is 43.7 Å². The van der Waals surface area contributed by atoms with E-state index in [0.29, 0.717) is 17.1 Å². The molecule has 1 N–H and O–H groups in total. The summed E-state index contributed by atoms with van der Waals surface area (Å²) in [5.41, 5.74) is 4.19. The third-order valence-corrected chi connectivity index (χ3v) is 8.34. The van der Waals surface area contributed by atoms with Crippen molar-refractivity contribution < 1.29 is 0 Å². The first-order chi connectivity index (χ1) is 18.0. The number of pyridine rings is 1. The third-order valence-electron chi connectivity index (χ3n) is 7.81. The van der Waals surface area contributed by atoms with E-state index in [1.165, 1.54) is 18.4 Å². The van der Waals surface area contributed by atoms with Gasteiger partial charge >= 0.3 is 0 Å². The maximum absolute atomic E-state index is 6.76. The van der Waals surface area contributed by atoms with E-state index in [0.717, 1.165) is 72.5 Å². The smallest absolute Gasteiger partial charge is 0.147 e. The molecule has 0 saturated carbocycles. The Bertz CT molecular complexity index is 1330. The van der Waals surface area contributed by atoms with Gasteiger partial charge < -0.3 is 9.88 Å². The maximum atomic E-state index is 6.76. The Morgan fingerprint density at radius 2 is 1.76 bits per heavy atom. The summed E-state index contributed by atoms with van der Waals surface area (Å²) in [5, 5.41) is 1.48. The average Bonchev–Trinajstić information content (AvgIpc) is 3.35. The number of para-hydroxylation sites is 2. The molecular formula is C29H32Cl2N6. The largest absolute Gasteiger partial charge is 0.353 e.